The van der Waals surface area contributed by atoms with E-state index in [-0.39, 0.29) is 5.56 Å². The lowest BCUT2D eigenvalue weighted by Crippen LogP contribution is -2.25. The first kappa shape index (κ1) is 19.0. The topological polar surface area (TPSA) is 34.9 Å². The molecule has 1 aromatic heterocycles. The third-order valence-corrected chi connectivity index (χ3v) is 5.93. The largest absolute Gasteiger partial charge is 0.287 e. The van der Waals surface area contributed by atoms with Crippen LogP contribution in [0.25, 0.3) is 21.7 Å². The van der Waals surface area contributed by atoms with Crippen molar-refractivity contribution >= 4 is 45.0 Å². The molecule has 3 aromatic carbocycles. The zero-order valence-electron chi connectivity index (χ0n) is 15.9. The van der Waals surface area contributed by atoms with Gasteiger partial charge >= 0.3 is 0 Å². The second-order valence-electron chi connectivity index (χ2n) is 7.29. The number of hydrogen-bond donors (Lipinski definition) is 0. The number of aromatic nitrogens is 2. The number of benzene rings is 3. The fourth-order valence-corrected chi connectivity index (χ4v) is 4.55. The van der Waals surface area contributed by atoms with Gasteiger partial charge in [-0.05, 0) is 40.5 Å². The lowest BCUT2D eigenvalue weighted by Gasteiger charge is -2.15. The minimum Gasteiger partial charge on any atom is -0.287 e. The number of fused-ring (bicyclic) bond motifs is 2. The van der Waals surface area contributed by atoms with E-state index < -0.39 is 0 Å². The van der Waals surface area contributed by atoms with Gasteiger partial charge in [0.05, 0.1) is 10.9 Å². The molecule has 0 atom stereocenters. The molecule has 0 aliphatic rings. The molecule has 0 aliphatic heterocycles. The molecule has 5 heteroatoms. The number of nitrogens with zero attached hydrogens (tertiary/aromatic N) is 2. The van der Waals surface area contributed by atoms with Gasteiger partial charge in [-0.1, -0.05) is 79.7 Å². The Bertz CT molecular complexity index is 1210. The summed E-state index contributed by atoms with van der Waals surface area (Å²) < 4.78 is 1.79. The third-order valence-electron chi connectivity index (χ3n) is 4.67. The van der Waals surface area contributed by atoms with Crippen LogP contribution in [0, 0.1) is 5.92 Å². The molecule has 0 N–H and O–H groups in total. The van der Waals surface area contributed by atoms with Crippen molar-refractivity contribution in [3.63, 3.8) is 0 Å². The first-order valence-electron chi connectivity index (χ1n) is 9.32. The van der Waals surface area contributed by atoms with Crippen molar-refractivity contribution in [2.45, 2.75) is 31.3 Å². The Hall–Kier alpha value is -2.30. The molecule has 0 radical (unpaired) electrons. The third kappa shape index (κ3) is 3.80. The molecule has 0 bridgehead atoms. The van der Waals surface area contributed by atoms with Crippen LogP contribution in [-0.4, -0.2) is 9.55 Å². The predicted molar refractivity (Wildman–Crippen MR) is 119 cm³/mol. The predicted octanol–water partition coefficient (Wildman–Crippen LogP) is 6.15. The lowest BCUT2D eigenvalue weighted by molar-refractivity contribution is 0.475. The smallest absolute Gasteiger partial charge is 0.262 e. The highest BCUT2D eigenvalue weighted by molar-refractivity contribution is 7.98. The maximum absolute atomic E-state index is 13.1. The lowest BCUT2D eigenvalue weighted by atomic mass is 10.1. The Balaban J connectivity index is 1.76. The standard InChI is InChI=1S/C23H21ClN2OS/c1-15(2)13-26-22(27)20-12-18(24)10-11-21(20)25-23(26)28-14-17-8-5-7-16-6-3-4-9-19(16)17/h3-12,15H,13-14H2,1-2H3. The van der Waals surface area contributed by atoms with Gasteiger partial charge < -0.3 is 0 Å². The second kappa shape index (κ2) is 7.98. The number of hydrogen-bond acceptors (Lipinski definition) is 3. The van der Waals surface area contributed by atoms with Crippen molar-refractivity contribution in [1.82, 2.24) is 9.55 Å². The van der Waals surface area contributed by atoms with Crippen LogP contribution in [0.1, 0.15) is 19.4 Å². The molecule has 28 heavy (non-hydrogen) atoms. The molecule has 1 heterocycles. The summed E-state index contributed by atoms with van der Waals surface area (Å²) in [5.74, 6) is 1.10. The Morgan fingerprint density at radius 3 is 2.64 bits per heavy atom. The fourth-order valence-electron chi connectivity index (χ4n) is 3.37. The molecule has 0 amide bonds. The van der Waals surface area contributed by atoms with Crippen LogP contribution < -0.4 is 5.56 Å². The molecule has 0 spiro atoms. The van der Waals surface area contributed by atoms with Crippen LogP contribution in [0.4, 0.5) is 0 Å². The average molecular weight is 409 g/mol. The number of thioether (sulfide) groups is 1. The van der Waals surface area contributed by atoms with Crippen LogP contribution in [0.2, 0.25) is 5.02 Å². The Morgan fingerprint density at radius 2 is 1.82 bits per heavy atom. The summed E-state index contributed by atoms with van der Waals surface area (Å²) in [6.45, 7) is 4.84. The molecule has 4 aromatic rings. The van der Waals surface area contributed by atoms with Crippen LogP contribution in [0.5, 0.6) is 0 Å². The fraction of sp³-hybridized carbons (Fsp3) is 0.217. The normalized spacial score (nSPS) is 11.6. The molecule has 3 nitrogen and oxygen atoms in total. The Morgan fingerprint density at radius 1 is 1.04 bits per heavy atom. The van der Waals surface area contributed by atoms with Gasteiger partial charge in [0.1, 0.15) is 0 Å². The zero-order valence-corrected chi connectivity index (χ0v) is 17.4. The van der Waals surface area contributed by atoms with Gasteiger partial charge in [-0.2, -0.15) is 0 Å². The zero-order chi connectivity index (χ0) is 19.7. The van der Waals surface area contributed by atoms with Gasteiger partial charge in [0.25, 0.3) is 5.56 Å². The van der Waals surface area contributed by atoms with Gasteiger partial charge in [-0.15, -0.1) is 0 Å². The van der Waals surface area contributed by atoms with E-state index in [1.165, 1.54) is 16.3 Å². The highest BCUT2D eigenvalue weighted by atomic mass is 35.5. The SMILES string of the molecule is CC(C)Cn1c(SCc2cccc3ccccc23)nc2ccc(Cl)cc2c1=O. The summed E-state index contributed by atoms with van der Waals surface area (Å²) in [5, 5.41) is 4.34. The van der Waals surface area contributed by atoms with Gasteiger partial charge in [0.2, 0.25) is 0 Å². The molecule has 0 fully saturated rings. The minimum atomic E-state index is -0.0263. The molecule has 0 saturated carbocycles. The highest BCUT2D eigenvalue weighted by Gasteiger charge is 2.14. The highest BCUT2D eigenvalue weighted by Crippen LogP contribution is 2.27. The molecular weight excluding hydrogens is 388 g/mol. The Labute approximate surface area is 173 Å². The van der Waals surface area contributed by atoms with Crippen molar-refractivity contribution in [2.24, 2.45) is 5.92 Å². The summed E-state index contributed by atoms with van der Waals surface area (Å²) in [5.41, 5.74) is 1.90. The molecule has 0 unspecified atom stereocenters. The van der Waals surface area contributed by atoms with E-state index in [0.29, 0.717) is 28.4 Å². The number of halogens is 1. The summed E-state index contributed by atoms with van der Waals surface area (Å²) in [6, 6.07) is 20.0. The van der Waals surface area contributed by atoms with E-state index in [2.05, 4.69) is 56.3 Å². The van der Waals surface area contributed by atoms with Crippen LogP contribution in [-0.2, 0) is 12.3 Å². The van der Waals surface area contributed by atoms with E-state index >= 15 is 0 Å². The second-order valence-corrected chi connectivity index (χ2v) is 8.67. The first-order chi connectivity index (χ1) is 13.5. The Kier molecular flexibility index (Phi) is 5.42. The van der Waals surface area contributed by atoms with Crippen LogP contribution in [0.3, 0.4) is 0 Å². The maximum Gasteiger partial charge on any atom is 0.262 e. The van der Waals surface area contributed by atoms with Crippen molar-refractivity contribution in [1.29, 1.82) is 0 Å². The quantitative estimate of drug-likeness (QED) is 0.293. The molecule has 0 aliphatic carbocycles. The van der Waals surface area contributed by atoms with Gasteiger partial charge in [-0.3, -0.25) is 9.36 Å². The summed E-state index contributed by atoms with van der Waals surface area (Å²) >= 11 is 7.71. The summed E-state index contributed by atoms with van der Waals surface area (Å²) in [7, 11) is 0. The van der Waals surface area contributed by atoms with E-state index in [0.717, 1.165) is 10.9 Å². The van der Waals surface area contributed by atoms with Crippen LogP contribution >= 0.6 is 23.4 Å². The monoisotopic (exact) mass is 408 g/mol. The van der Waals surface area contributed by atoms with E-state index in [9.17, 15) is 4.79 Å². The molecular formula is C23H21ClN2OS. The van der Waals surface area contributed by atoms with Gasteiger partial charge in [0.15, 0.2) is 5.16 Å². The van der Waals surface area contributed by atoms with Gasteiger partial charge in [0, 0.05) is 17.3 Å². The molecule has 4 rings (SSSR count). The van der Waals surface area contributed by atoms with Crippen molar-refractivity contribution < 1.29 is 0 Å². The van der Waals surface area contributed by atoms with Crippen LogP contribution in [0.15, 0.2) is 70.6 Å². The van der Waals surface area contributed by atoms with E-state index in [4.69, 9.17) is 16.6 Å². The van der Waals surface area contributed by atoms with E-state index in [1.54, 1.807) is 28.5 Å². The average Bonchev–Trinajstić information content (AvgIpc) is 2.69. The minimum absolute atomic E-state index is 0.0263. The van der Waals surface area contributed by atoms with Gasteiger partial charge in [-0.25, -0.2) is 4.98 Å². The summed E-state index contributed by atoms with van der Waals surface area (Å²) in [4.78, 5) is 17.9. The molecule has 142 valence electrons. The van der Waals surface area contributed by atoms with Crippen molar-refractivity contribution in [3.8, 4) is 0 Å². The van der Waals surface area contributed by atoms with Crippen molar-refractivity contribution in [3.05, 3.63) is 81.6 Å². The van der Waals surface area contributed by atoms with Crippen molar-refractivity contribution in [2.75, 3.05) is 0 Å². The first-order valence-corrected chi connectivity index (χ1v) is 10.7. The maximum atomic E-state index is 13.1. The van der Waals surface area contributed by atoms with E-state index in [1.807, 2.05) is 6.07 Å². The number of rotatable bonds is 5. The summed E-state index contributed by atoms with van der Waals surface area (Å²) in [6.07, 6.45) is 0. The molecule has 0 saturated heterocycles.